The third-order valence-corrected chi connectivity index (χ3v) is 6.57. The van der Waals surface area contributed by atoms with Gasteiger partial charge >= 0.3 is 0 Å². The molecule has 1 N–H and O–H groups in total. The zero-order chi connectivity index (χ0) is 11.8. The lowest BCUT2D eigenvalue weighted by Crippen LogP contribution is -2.43. The molecule has 3 aliphatic rings. The second-order valence-corrected chi connectivity index (χ2v) is 7.83. The van der Waals surface area contributed by atoms with Crippen molar-refractivity contribution in [3.63, 3.8) is 0 Å². The van der Waals surface area contributed by atoms with Gasteiger partial charge < -0.3 is 5.11 Å². The number of hydrogen-bond acceptors (Lipinski definition) is 1. The van der Waals surface area contributed by atoms with Crippen molar-refractivity contribution in [3.05, 3.63) is 0 Å². The summed E-state index contributed by atoms with van der Waals surface area (Å²) in [6, 6.07) is 0. The highest BCUT2D eigenvalue weighted by atomic mass is 16.3. The largest absolute Gasteiger partial charge is 0.392 e. The maximum atomic E-state index is 10.9. The third kappa shape index (κ3) is 0.978. The third-order valence-electron chi connectivity index (χ3n) is 6.57. The molecular formula is C15H26O. The van der Waals surface area contributed by atoms with Crippen molar-refractivity contribution in [2.45, 2.75) is 65.9 Å². The predicted molar refractivity (Wildman–Crippen MR) is 66.1 cm³/mol. The molecule has 0 aromatic heterocycles. The summed E-state index contributed by atoms with van der Waals surface area (Å²) in [5, 5.41) is 10.9. The van der Waals surface area contributed by atoms with Gasteiger partial charge in [-0.3, -0.25) is 0 Å². The zero-order valence-electron chi connectivity index (χ0n) is 11.2. The Morgan fingerprint density at radius 3 is 2.44 bits per heavy atom. The van der Waals surface area contributed by atoms with Gasteiger partial charge in [0, 0.05) is 5.41 Å². The van der Waals surface area contributed by atoms with E-state index in [9.17, 15) is 5.11 Å². The molecule has 0 heterocycles. The lowest BCUT2D eigenvalue weighted by atomic mass is 9.64. The molecule has 0 aromatic rings. The van der Waals surface area contributed by atoms with Crippen LogP contribution in [-0.4, -0.2) is 11.2 Å². The Balaban J connectivity index is 2.10. The van der Waals surface area contributed by atoms with Crippen LogP contribution >= 0.6 is 0 Å². The van der Waals surface area contributed by atoms with E-state index in [-0.39, 0.29) is 16.9 Å². The van der Waals surface area contributed by atoms with Gasteiger partial charge in [0.25, 0.3) is 0 Å². The lowest BCUT2D eigenvalue weighted by molar-refractivity contribution is -0.0497. The summed E-state index contributed by atoms with van der Waals surface area (Å²) in [5.74, 6) is 1.64. The van der Waals surface area contributed by atoms with E-state index in [1.54, 1.807) is 0 Å². The molecule has 0 aromatic carbocycles. The van der Waals surface area contributed by atoms with Gasteiger partial charge in [0.05, 0.1) is 6.10 Å². The standard InChI is InChI=1S/C15H26O/c1-10-5-8-15-11(10)6-7-14(15,4)9-13(2,3)12(15)16/h10-12,16H,5-9H2,1-4H3/t10-,11?,12-,14+,15-/m0/s1. The Kier molecular flexibility index (Phi) is 1.98. The van der Waals surface area contributed by atoms with E-state index in [1.165, 1.54) is 32.1 Å². The summed E-state index contributed by atoms with van der Waals surface area (Å²) in [6.07, 6.45) is 6.49. The molecule has 0 bridgehead atoms. The second kappa shape index (κ2) is 2.85. The molecule has 3 aliphatic carbocycles. The van der Waals surface area contributed by atoms with Gasteiger partial charge in [0.2, 0.25) is 0 Å². The summed E-state index contributed by atoms with van der Waals surface area (Å²) in [6.45, 7) is 9.41. The van der Waals surface area contributed by atoms with Crippen LogP contribution in [0.5, 0.6) is 0 Å². The molecule has 1 unspecified atom stereocenters. The van der Waals surface area contributed by atoms with Gasteiger partial charge in [-0.15, -0.1) is 0 Å². The molecule has 3 saturated carbocycles. The van der Waals surface area contributed by atoms with Crippen LogP contribution in [0.15, 0.2) is 0 Å². The van der Waals surface area contributed by atoms with Gasteiger partial charge in [0.1, 0.15) is 0 Å². The van der Waals surface area contributed by atoms with Crippen molar-refractivity contribution >= 4 is 0 Å². The maximum Gasteiger partial charge on any atom is 0.0655 e. The van der Waals surface area contributed by atoms with Crippen LogP contribution in [0, 0.1) is 28.1 Å². The van der Waals surface area contributed by atoms with Gasteiger partial charge in [0.15, 0.2) is 0 Å². The summed E-state index contributed by atoms with van der Waals surface area (Å²) in [5.41, 5.74) is 0.832. The Bertz CT molecular complexity index is 321. The van der Waals surface area contributed by atoms with Gasteiger partial charge in [-0.25, -0.2) is 0 Å². The van der Waals surface area contributed by atoms with E-state index in [4.69, 9.17) is 0 Å². The van der Waals surface area contributed by atoms with Gasteiger partial charge in [-0.1, -0.05) is 27.7 Å². The van der Waals surface area contributed by atoms with Crippen LogP contribution in [0.3, 0.4) is 0 Å². The van der Waals surface area contributed by atoms with E-state index < -0.39 is 0 Å². The monoisotopic (exact) mass is 222 g/mol. The Morgan fingerprint density at radius 1 is 1.06 bits per heavy atom. The fourth-order valence-corrected chi connectivity index (χ4v) is 6.08. The fraction of sp³-hybridized carbons (Fsp3) is 1.00. The molecule has 3 rings (SSSR count). The first kappa shape index (κ1) is 11.1. The molecule has 1 heteroatoms. The Hall–Kier alpha value is -0.0400. The fourth-order valence-electron chi connectivity index (χ4n) is 6.08. The topological polar surface area (TPSA) is 20.2 Å². The van der Waals surface area contributed by atoms with Crippen molar-refractivity contribution < 1.29 is 5.11 Å². The van der Waals surface area contributed by atoms with Gasteiger partial charge in [-0.2, -0.15) is 0 Å². The van der Waals surface area contributed by atoms with Crippen LogP contribution in [0.1, 0.15) is 59.8 Å². The summed E-state index contributed by atoms with van der Waals surface area (Å²) in [7, 11) is 0. The highest BCUT2D eigenvalue weighted by Gasteiger charge is 2.71. The minimum atomic E-state index is -0.0672. The second-order valence-electron chi connectivity index (χ2n) is 7.83. The highest BCUT2D eigenvalue weighted by Crippen LogP contribution is 2.75. The minimum Gasteiger partial charge on any atom is -0.392 e. The van der Waals surface area contributed by atoms with Crippen molar-refractivity contribution in [3.8, 4) is 0 Å². The Morgan fingerprint density at radius 2 is 1.75 bits per heavy atom. The van der Waals surface area contributed by atoms with Crippen molar-refractivity contribution in [1.82, 2.24) is 0 Å². The predicted octanol–water partition coefficient (Wildman–Crippen LogP) is 3.61. The normalized spacial score (nSPS) is 58.7. The molecular weight excluding hydrogens is 196 g/mol. The number of aliphatic hydroxyl groups is 1. The molecule has 3 fully saturated rings. The smallest absolute Gasteiger partial charge is 0.0655 e. The first-order valence-corrected chi connectivity index (χ1v) is 7.02. The van der Waals surface area contributed by atoms with E-state index in [1.807, 2.05) is 0 Å². The molecule has 0 amide bonds. The van der Waals surface area contributed by atoms with Crippen molar-refractivity contribution in [1.29, 1.82) is 0 Å². The van der Waals surface area contributed by atoms with Crippen molar-refractivity contribution in [2.24, 2.45) is 28.1 Å². The molecule has 0 aliphatic heterocycles. The molecule has 16 heavy (non-hydrogen) atoms. The SMILES string of the molecule is C[C@H]1CC[C@@]23C1CC[C@]2(C)CC(C)(C)[C@@H]3O. The molecule has 1 nitrogen and oxygen atoms in total. The van der Waals surface area contributed by atoms with E-state index in [0.717, 1.165) is 11.8 Å². The summed E-state index contributed by atoms with van der Waals surface area (Å²) >= 11 is 0. The first-order chi connectivity index (χ1) is 7.33. The number of aliphatic hydroxyl groups excluding tert-OH is 1. The Labute approximate surface area is 99.6 Å². The van der Waals surface area contributed by atoms with Crippen molar-refractivity contribution in [2.75, 3.05) is 0 Å². The lowest BCUT2D eigenvalue weighted by Gasteiger charge is -2.42. The zero-order valence-corrected chi connectivity index (χ0v) is 11.2. The van der Waals surface area contributed by atoms with Crippen LogP contribution in [0.25, 0.3) is 0 Å². The average molecular weight is 222 g/mol. The molecule has 1 spiro atoms. The van der Waals surface area contributed by atoms with E-state index in [0.29, 0.717) is 5.41 Å². The highest BCUT2D eigenvalue weighted by molar-refractivity contribution is 5.20. The first-order valence-electron chi connectivity index (χ1n) is 7.02. The van der Waals surface area contributed by atoms with Gasteiger partial charge in [-0.05, 0) is 54.8 Å². The molecule has 92 valence electrons. The minimum absolute atomic E-state index is 0.0672. The van der Waals surface area contributed by atoms with Crippen LogP contribution in [-0.2, 0) is 0 Å². The van der Waals surface area contributed by atoms with E-state index in [2.05, 4.69) is 27.7 Å². The number of hydrogen-bond donors (Lipinski definition) is 1. The average Bonchev–Trinajstić information content (AvgIpc) is 2.68. The van der Waals surface area contributed by atoms with Crippen LogP contribution in [0.2, 0.25) is 0 Å². The summed E-state index contributed by atoms with van der Waals surface area (Å²) in [4.78, 5) is 0. The van der Waals surface area contributed by atoms with Crippen LogP contribution in [0.4, 0.5) is 0 Å². The molecule has 0 saturated heterocycles. The quantitative estimate of drug-likeness (QED) is 0.664. The number of rotatable bonds is 0. The molecule has 5 atom stereocenters. The molecule has 0 radical (unpaired) electrons. The van der Waals surface area contributed by atoms with Crippen LogP contribution < -0.4 is 0 Å². The van der Waals surface area contributed by atoms with E-state index >= 15 is 0 Å². The summed E-state index contributed by atoms with van der Waals surface area (Å²) < 4.78 is 0. The maximum absolute atomic E-state index is 10.9.